The number of halogens is 2. The molecule has 0 amide bonds. The number of rotatable bonds is 2. The van der Waals surface area contributed by atoms with E-state index < -0.39 is 15.7 Å². The normalized spacial score (nSPS) is 42.9. The van der Waals surface area contributed by atoms with Gasteiger partial charge in [0.05, 0.1) is 17.4 Å². The van der Waals surface area contributed by atoms with Crippen molar-refractivity contribution in [2.24, 2.45) is 16.2 Å². The van der Waals surface area contributed by atoms with Crippen molar-refractivity contribution in [1.82, 2.24) is 0 Å². The summed E-state index contributed by atoms with van der Waals surface area (Å²) in [5, 5.41) is 0.604. The van der Waals surface area contributed by atoms with Crippen LogP contribution in [-0.4, -0.2) is 29.0 Å². The predicted octanol–water partition coefficient (Wildman–Crippen LogP) is 2.69. The molecule has 2 fully saturated rings. The van der Waals surface area contributed by atoms with Crippen molar-refractivity contribution in [1.29, 1.82) is 0 Å². The number of methoxy groups -OCH3 is 1. The summed E-state index contributed by atoms with van der Waals surface area (Å²) in [7, 11) is 1.39. The fraction of sp³-hybridized carbons (Fsp3) is 0.833. The van der Waals surface area contributed by atoms with Crippen LogP contribution < -0.4 is 0 Å². The molecule has 2 rings (SSSR count). The van der Waals surface area contributed by atoms with Gasteiger partial charge in [0.2, 0.25) is 0 Å². The molecule has 0 heterocycles. The minimum absolute atomic E-state index is 0.135. The molecule has 2 aliphatic rings. The van der Waals surface area contributed by atoms with E-state index in [0.717, 1.165) is 6.42 Å². The van der Waals surface area contributed by atoms with E-state index in [-0.39, 0.29) is 17.2 Å². The molecule has 3 nitrogen and oxygen atoms in total. The molecule has 5 heteroatoms. The number of alkyl halides is 2. The second-order valence-corrected chi connectivity index (χ2v) is 7.01. The van der Waals surface area contributed by atoms with E-state index in [1.54, 1.807) is 0 Å². The Balaban J connectivity index is 2.63. The summed E-state index contributed by atoms with van der Waals surface area (Å²) in [4.78, 5) is 24.3. The summed E-state index contributed by atoms with van der Waals surface area (Å²) in [6.45, 7) is 4.02. The first-order valence-electron chi connectivity index (χ1n) is 5.64. The van der Waals surface area contributed by atoms with Gasteiger partial charge in [-0.25, -0.2) is 0 Å². The molecule has 96 valence electrons. The number of esters is 1. The third-order valence-corrected chi connectivity index (χ3v) is 7.32. The van der Waals surface area contributed by atoms with Crippen LogP contribution in [0.3, 0.4) is 0 Å². The zero-order valence-corrected chi connectivity index (χ0v) is 13.4. The van der Waals surface area contributed by atoms with Crippen molar-refractivity contribution in [2.75, 3.05) is 12.4 Å². The van der Waals surface area contributed by atoms with Crippen LogP contribution in [0.2, 0.25) is 0 Å². The van der Waals surface area contributed by atoms with Gasteiger partial charge < -0.3 is 4.74 Å². The Morgan fingerprint density at radius 3 is 2.47 bits per heavy atom. The quantitative estimate of drug-likeness (QED) is 0.556. The molecule has 0 radical (unpaired) electrons. The van der Waals surface area contributed by atoms with Gasteiger partial charge in [-0.3, -0.25) is 9.59 Å². The van der Waals surface area contributed by atoms with E-state index in [2.05, 4.69) is 31.9 Å². The maximum atomic E-state index is 12.5. The molecule has 0 aromatic heterocycles. The Bertz CT molecular complexity index is 393. The molecule has 2 bridgehead atoms. The topological polar surface area (TPSA) is 43.4 Å². The third kappa shape index (κ3) is 1.18. The summed E-state index contributed by atoms with van der Waals surface area (Å²) < 4.78 is 4.96. The van der Waals surface area contributed by atoms with Crippen LogP contribution in [0, 0.1) is 16.2 Å². The molecule has 0 aromatic carbocycles. The zero-order chi connectivity index (χ0) is 13.1. The lowest BCUT2D eigenvalue weighted by atomic mass is 9.65. The van der Waals surface area contributed by atoms with Crippen LogP contribution in [0.1, 0.15) is 26.7 Å². The number of hydrogen-bond acceptors (Lipinski definition) is 3. The van der Waals surface area contributed by atoms with Gasteiger partial charge in [-0.05, 0) is 18.3 Å². The van der Waals surface area contributed by atoms with E-state index in [4.69, 9.17) is 4.74 Å². The molecule has 0 spiro atoms. The van der Waals surface area contributed by atoms with E-state index >= 15 is 0 Å². The minimum Gasteiger partial charge on any atom is -0.469 e. The van der Waals surface area contributed by atoms with E-state index in [1.807, 2.05) is 13.8 Å². The number of carbonyl (C=O) groups is 2. The van der Waals surface area contributed by atoms with E-state index in [1.165, 1.54) is 7.11 Å². The Labute approximate surface area is 118 Å². The number of ether oxygens (including phenoxy) is 1. The molecular formula is C12H16Br2O3. The Morgan fingerprint density at radius 2 is 2.06 bits per heavy atom. The highest BCUT2D eigenvalue weighted by atomic mass is 79.9. The molecule has 2 saturated carbocycles. The predicted molar refractivity (Wildman–Crippen MR) is 71.4 cm³/mol. The van der Waals surface area contributed by atoms with Gasteiger partial charge in [-0.1, -0.05) is 45.7 Å². The summed E-state index contributed by atoms with van der Waals surface area (Å²) in [6, 6.07) is 0. The largest absolute Gasteiger partial charge is 0.469 e. The van der Waals surface area contributed by atoms with Crippen LogP contribution >= 0.6 is 31.9 Å². The maximum Gasteiger partial charge on any atom is 0.313 e. The molecule has 0 aliphatic heterocycles. The standard InChI is InChI=1S/C12H16Br2O3/c1-10(2)11(6-13)4-5-12(10,9(16)17-3)7(14)8(11)15/h7H,4-6H2,1-3H3/t7-,11+,12-/m1/s1. The van der Waals surface area contributed by atoms with E-state index in [0.29, 0.717) is 11.8 Å². The van der Waals surface area contributed by atoms with Gasteiger partial charge in [-0.15, -0.1) is 0 Å². The Morgan fingerprint density at radius 1 is 1.47 bits per heavy atom. The number of carbonyl (C=O) groups excluding carboxylic acids is 2. The molecule has 3 atom stereocenters. The molecule has 2 aliphatic carbocycles. The fourth-order valence-electron chi connectivity index (χ4n) is 3.75. The van der Waals surface area contributed by atoms with Gasteiger partial charge in [0.1, 0.15) is 0 Å². The van der Waals surface area contributed by atoms with Crippen molar-refractivity contribution < 1.29 is 14.3 Å². The second kappa shape index (κ2) is 3.80. The molecular weight excluding hydrogens is 352 g/mol. The third-order valence-electron chi connectivity index (χ3n) is 5.17. The van der Waals surface area contributed by atoms with Crippen molar-refractivity contribution in [3.63, 3.8) is 0 Å². The van der Waals surface area contributed by atoms with Crippen LogP contribution in [0.4, 0.5) is 0 Å². The van der Waals surface area contributed by atoms with Crippen molar-refractivity contribution >= 4 is 43.6 Å². The number of hydrogen-bond donors (Lipinski definition) is 0. The first-order chi connectivity index (χ1) is 7.81. The SMILES string of the molecule is COC(=O)[C@@]12CC[C@](CBr)(C(=O)[C@H]1Br)C2(C)C. The van der Waals surface area contributed by atoms with Crippen molar-refractivity contribution in [3.05, 3.63) is 0 Å². The summed E-state index contributed by atoms with van der Waals surface area (Å²) in [5.41, 5.74) is -1.55. The minimum atomic E-state index is -0.716. The lowest BCUT2D eigenvalue weighted by Gasteiger charge is -2.39. The first kappa shape index (κ1) is 13.5. The van der Waals surface area contributed by atoms with E-state index in [9.17, 15) is 9.59 Å². The molecule has 0 saturated heterocycles. The smallest absolute Gasteiger partial charge is 0.313 e. The zero-order valence-electron chi connectivity index (χ0n) is 10.2. The molecule has 0 N–H and O–H groups in total. The second-order valence-electron chi connectivity index (χ2n) is 5.53. The molecule has 0 unspecified atom stereocenters. The summed E-state index contributed by atoms with van der Waals surface area (Å²) in [5.74, 6) is -0.130. The maximum absolute atomic E-state index is 12.5. The summed E-state index contributed by atoms with van der Waals surface area (Å²) in [6.07, 6.45) is 1.46. The van der Waals surface area contributed by atoms with Crippen molar-refractivity contribution in [3.8, 4) is 0 Å². The fourth-order valence-corrected chi connectivity index (χ4v) is 6.43. The van der Waals surface area contributed by atoms with Gasteiger partial charge in [0.15, 0.2) is 5.78 Å². The molecule has 17 heavy (non-hydrogen) atoms. The van der Waals surface area contributed by atoms with Crippen LogP contribution in [0.25, 0.3) is 0 Å². The lowest BCUT2D eigenvalue weighted by Crippen LogP contribution is -2.45. The highest BCUT2D eigenvalue weighted by Gasteiger charge is 2.78. The summed E-state index contributed by atoms with van der Waals surface area (Å²) >= 11 is 6.90. The Hall–Kier alpha value is 0.1000. The van der Waals surface area contributed by atoms with Gasteiger partial charge in [-0.2, -0.15) is 0 Å². The van der Waals surface area contributed by atoms with Crippen LogP contribution in [-0.2, 0) is 14.3 Å². The highest BCUT2D eigenvalue weighted by molar-refractivity contribution is 9.10. The number of Topliss-reactive ketones (excluding diaryl/α,β-unsaturated/α-hetero) is 1. The average molecular weight is 368 g/mol. The number of fused-ring (bicyclic) bond motifs is 2. The lowest BCUT2D eigenvalue weighted by molar-refractivity contribution is -0.157. The number of ketones is 1. The van der Waals surface area contributed by atoms with Crippen LogP contribution in [0.5, 0.6) is 0 Å². The average Bonchev–Trinajstić information content (AvgIpc) is 2.61. The van der Waals surface area contributed by atoms with Gasteiger partial charge in [0, 0.05) is 10.7 Å². The van der Waals surface area contributed by atoms with Gasteiger partial charge >= 0.3 is 5.97 Å². The first-order valence-corrected chi connectivity index (χ1v) is 7.68. The van der Waals surface area contributed by atoms with Crippen LogP contribution in [0.15, 0.2) is 0 Å². The van der Waals surface area contributed by atoms with Gasteiger partial charge in [0.25, 0.3) is 0 Å². The van der Waals surface area contributed by atoms with Crippen molar-refractivity contribution in [2.45, 2.75) is 31.5 Å². The monoisotopic (exact) mass is 366 g/mol. The Kier molecular flexibility index (Phi) is 3.02. The molecule has 0 aromatic rings. The highest BCUT2D eigenvalue weighted by Crippen LogP contribution is 2.72.